The fraction of sp³-hybridized carbons (Fsp3) is 0.235. The van der Waals surface area contributed by atoms with Crippen LogP contribution in [0.25, 0.3) is 16.7 Å². The van der Waals surface area contributed by atoms with Gasteiger partial charge in [0.05, 0.1) is 23.5 Å². The van der Waals surface area contributed by atoms with E-state index in [4.69, 9.17) is 16.3 Å². The van der Waals surface area contributed by atoms with Crippen LogP contribution in [-0.2, 0) is 17.2 Å². The van der Waals surface area contributed by atoms with E-state index in [1.807, 2.05) is 6.07 Å². The van der Waals surface area contributed by atoms with Crippen LogP contribution in [0.1, 0.15) is 17.0 Å². The Hall–Kier alpha value is -1.84. The number of ether oxygens (including phenoxy) is 1. The molecule has 4 heteroatoms. The summed E-state index contributed by atoms with van der Waals surface area (Å²) in [5, 5.41) is 0. The smallest absolute Gasteiger partial charge is 0.129 e. The average molecular weight is 301 g/mol. The van der Waals surface area contributed by atoms with E-state index in [1.54, 1.807) is 7.11 Å². The van der Waals surface area contributed by atoms with Crippen molar-refractivity contribution in [2.24, 2.45) is 0 Å². The highest BCUT2D eigenvalue weighted by atomic mass is 35.5. The number of alkyl halides is 1. The van der Waals surface area contributed by atoms with Crippen LogP contribution in [0.3, 0.4) is 0 Å². The minimum Gasteiger partial charge on any atom is -0.380 e. The van der Waals surface area contributed by atoms with Crippen LogP contribution in [0.4, 0.5) is 0 Å². The van der Waals surface area contributed by atoms with Crippen LogP contribution in [0.15, 0.2) is 42.5 Å². The first-order chi connectivity index (χ1) is 10.2. The summed E-state index contributed by atoms with van der Waals surface area (Å²) < 4.78 is 7.32. The molecule has 0 saturated carbocycles. The molecule has 21 heavy (non-hydrogen) atoms. The summed E-state index contributed by atoms with van der Waals surface area (Å²) in [6.45, 7) is 2.66. The molecule has 0 spiro atoms. The van der Waals surface area contributed by atoms with Gasteiger partial charge in [-0.25, -0.2) is 4.98 Å². The molecule has 0 radical (unpaired) electrons. The van der Waals surface area contributed by atoms with Crippen molar-refractivity contribution in [1.29, 1.82) is 0 Å². The van der Waals surface area contributed by atoms with E-state index in [0.717, 1.165) is 28.1 Å². The molecule has 0 unspecified atom stereocenters. The number of aryl methyl sites for hydroxylation is 1. The third-order valence-electron chi connectivity index (χ3n) is 3.48. The van der Waals surface area contributed by atoms with Crippen molar-refractivity contribution < 1.29 is 4.74 Å². The quantitative estimate of drug-likeness (QED) is 0.675. The zero-order valence-electron chi connectivity index (χ0n) is 12.1. The Bertz CT molecular complexity index is 780. The zero-order chi connectivity index (χ0) is 14.8. The SMILES string of the molecule is COCc1cccc(-n2c(CCl)nc3cc(C)ccc32)c1. The maximum Gasteiger partial charge on any atom is 0.129 e. The maximum atomic E-state index is 6.09. The highest BCUT2D eigenvalue weighted by Crippen LogP contribution is 2.24. The fourth-order valence-corrected chi connectivity index (χ4v) is 2.75. The lowest BCUT2D eigenvalue weighted by molar-refractivity contribution is 0.185. The van der Waals surface area contributed by atoms with Gasteiger partial charge in [-0.2, -0.15) is 0 Å². The van der Waals surface area contributed by atoms with E-state index in [9.17, 15) is 0 Å². The Morgan fingerprint density at radius 1 is 1.19 bits per heavy atom. The van der Waals surface area contributed by atoms with Crippen LogP contribution in [0.5, 0.6) is 0 Å². The van der Waals surface area contributed by atoms with Gasteiger partial charge in [0.2, 0.25) is 0 Å². The van der Waals surface area contributed by atoms with Gasteiger partial charge in [0.1, 0.15) is 5.82 Å². The molecule has 1 aromatic heterocycles. The summed E-state index contributed by atoms with van der Waals surface area (Å²) in [6.07, 6.45) is 0. The molecule has 1 heterocycles. The summed E-state index contributed by atoms with van der Waals surface area (Å²) in [6, 6.07) is 14.5. The number of hydrogen-bond donors (Lipinski definition) is 0. The van der Waals surface area contributed by atoms with Gasteiger partial charge in [-0.15, -0.1) is 11.6 Å². The highest BCUT2D eigenvalue weighted by Gasteiger charge is 2.12. The molecule has 0 amide bonds. The third-order valence-corrected chi connectivity index (χ3v) is 3.72. The van der Waals surface area contributed by atoms with Crippen molar-refractivity contribution >= 4 is 22.6 Å². The third kappa shape index (κ3) is 2.67. The average Bonchev–Trinajstić information content (AvgIpc) is 2.85. The van der Waals surface area contributed by atoms with Crippen LogP contribution in [0.2, 0.25) is 0 Å². The minimum atomic E-state index is 0.377. The molecular formula is C17H17ClN2O. The lowest BCUT2D eigenvalue weighted by Gasteiger charge is -2.10. The number of methoxy groups -OCH3 is 1. The molecule has 0 aliphatic heterocycles. The molecule has 0 bridgehead atoms. The van der Waals surface area contributed by atoms with Gasteiger partial charge in [-0.05, 0) is 42.3 Å². The molecule has 0 fully saturated rings. The lowest BCUT2D eigenvalue weighted by atomic mass is 10.2. The van der Waals surface area contributed by atoms with Crippen LogP contribution < -0.4 is 0 Å². The molecule has 0 aliphatic carbocycles. The summed E-state index contributed by atoms with van der Waals surface area (Å²) in [7, 11) is 1.70. The Labute approximate surface area is 129 Å². The van der Waals surface area contributed by atoms with Crippen LogP contribution in [0, 0.1) is 6.92 Å². The second kappa shape index (κ2) is 5.88. The number of imidazole rings is 1. The van der Waals surface area contributed by atoms with Gasteiger partial charge >= 0.3 is 0 Å². The number of aromatic nitrogens is 2. The van der Waals surface area contributed by atoms with E-state index >= 15 is 0 Å². The standard InChI is InChI=1S/C17H17ClN2O/c1-12-6-7-16-15(8-12)19-17(10-18)20(16)14-5-3-4-13(9-14)11-21-2/h3-9H,10-11H2,1-2H3. The molecule has 0 atom stereocenters. The van der Waals surface area contributed by atoms with Crippen molar-refractivity contribution in [3.63, 3.8) is 0 Å². The fourth-order valence-electron chi connectivity index (χ4n) is 2.57. The Balaban J connectivity index is 2.20. The second-order valence-electron chi connectivity index (χ2n) is 5.09. The first-order valence-electron chi connectivity index (χ1n) is 6.85. The molecule has 3 aromatic rings. The van der Waals surface area contributed by atoms with Gasteiger partial charge in [0.15, 0.2) is 0 Å². The number of halogens is 1. The molecule has 3 nitrogen and oxygen atoms in total. The number of benzene rings is 2. The zero-order valence-corrected chi connectivity index (χ0v) is 12.9. The topological polar surface area (TPSA) is 27.1 Å². The van der Waals surface area contributed by atoms with Crippen molar-refractivity contribution in [3.05, 3.63) is 59.4 Å². The van der Waals surface area contributed by atoms with Crippen LogP contribution in [-0.4, -0.2) is 16.7 Å². The van der Waals surface area contributed by atoms with E-state index < -0.39 is 0 Å². The Morgan fingerprint density at radius 2 is 2.05 bits per heavy atom. The Kier molecular flexibility index (Phi) is 3.95. The molecule has 2 aromatic carbocycles. The molecule has 3 rings (SSSR count). The largest absolute Gasteiger partial charge is 0.380 e. The number of hydrogen-bond acceptors (Lipinski definition) is 2. The number of nitrogens with zero attached hydrogens (tertiary/aromatic N) is 2. The van der Waals surface area contributed by atoms with Gasteiger partial charge in [-0.3, -0.25) is 4.57 Å². The summed E-state index contributed by atoms with van der Waals surface area (Å²) in [4.78, 5) is 4.64. The van der Waals surface area contributed by atoms with Crippen LogP contribution >= 0.6 is 11.6 Å². The summed E-state index contributed by atoms with van der Waals surface area (Å²) in [5.41, 5.74) is 5.44. The lowest BCUT2D eigenvalue weighted by Crippen LogP contribution is -2.00. The highest BCUT2D eigenvalue weighted by molar-refractivity contribution is 6.17. The predicted molar refractivity (Wildman–Crippen MR) is 86.1 cm³/mol. The van der Waals surface area contributed by atoms with Crippen molar-refractivity contribution in [2.75, 3.05) is 7.11 Å². The van der Waals surface area contributed by atoms with E-state index in [0.29, 0.717) is 12.5 Å². The number of fused-ring (bicyclic) bond motifs is 1. The van der Waals surface area contributed by atoms with E-state index in [2.05, 4.69) is 52.9 Å². The number of rotatable bonds is 4. The summed E-state index contributed by atoms with van der Waals surface area (Å²) in [5.74, 6) is 1.23. The monoisotopic (exact) mass is 300 g/mol. The molecule has 0 aliphatic rings. The van der Waals surface area contributed by atoms with E-state index in [1.165, 1.54) is 5.56 Å². The summed E-state index contributed by atoms with van der Waals surface area (Å²) >= 11 is 6.09. The maximum absolute atomic E-state index is 6.09. The Morgan fingerprint density at radius 3 is 2.81 bits per heavy atom. The molecular weight excluding hydrogens is 284 g/mol. The predicted octanol–water partition coefficient (Wildman–Crippen LogP) is 4.22. The minimum absolute atomic E-state index is 0.377. The normalized spacial score (nSPS) is 11.2. The van der Waals surface area contributed by atoms with Gasteiger partial charge < -0.3 is 4.74 Å². The second-order valence-corrected chi connectivity index (χ2v) is 5.36. The first kappa shape index (κ1) is 14.1. The van der Waals surface area contributed by atoms with Gasteiger partial charge in [0.25, 0.3) is 0 Å². The van der Waals surface area contributed by atoms with Crippen molar-refractivity contribution in [2.45, 2.75) is 19.4 Å². The molecule has 0 saturated heterocycles. The van der Waals surface area contributed by atoms with Gasteiger partial charge in [-0.1, -0.05) is 18.2 Å². The van der Waals surface area contributed by atoms with Crippen molar-refractivity contribution in [1.82, 2.24) is 9.55 Å². The van der Waals surface area contributed by atoms with E-state index in [-0.39, 0.29) is 0 Å². The van der Waals surface area contributed by atoms with Crippen molar-refractivity contribution in [3.8, 4) is 5.69 Å². The molecule has 0 N–H and O–H groups in total. The molecule has 108 valence electrons. The first-order valence-corrected chi connectivity index (χ1v) is 7.38. The van der Waals surface area contributed by atoms with Gasteiger partial charge in [0, 0.05) is 12.8 Å².